The monoisotopic (exact) mass is 532 g/mol. The van der Waals surface area contributed by atoms with E-state index in [-0.39, 0.29) is 12.3 Å². The van der Waals surface area contributed by atoms with Crippen LogP contribution in [0, 0.1) is 6.92 Å². The maximum Gasteiger partial charge on any atom is 0.323 e. The van der Waals surface area contributed by atoms with E-state index in [0.717, 1.165) is 11.1 Å². The topological polar surface area (TPSA) is 120 Å². The first kappa shape index (κ1) is 29.2. The summed E-state index contributed by atoms with van der Waals surface area (Å²) in [6.45, 7) is 5.25. The molecule has 2 atom stereocenters. The number of aliphatic carboxylic acids is 1. The van der Waals surface area contributed by atoms with Crippen LogP contribution in [-0.2, 0) is 15.3 Å². The predicted octanol–water partition coefficient (Wildman–Crippen LogP) is 5.49. The first-order valence-electron chi connectivity index (χ1n) is 12.7. The lowest BCUT2D eigenvalue weighted by Gasteiger charge is -2.46. The first-order valence-corrected chi connectivity index (χ1v) is 12.7. The predicted molar refractivity (Wildman–Crippen MR) is 152 cm³/mol. The SMILES string of the molecule is CCC(NC(C)=O)(c1ccc(NC(=O)Nc2ccccc2C)c(OC)c1)N(C)C(CC(=O)O)c1ccccc1. The lowest BCUT2D eigenvalue weighted by molar-refractivity contribution is -0.139. The Morgan fingerprint density at radius 3 is 2.21 bits per heavy atom. The van der Waals surface area contributed by atoms with Gasteiger partial charge < -0.3 is 25.8 Å². The average molecular weight is 533 g/mol. The molecule has 206 valence electrons. The molecule has 3 amide bonds. The van der Waals surface area contributed by atoms with Gasteiger partial charge in [-0.05, 0) is 55.3 Å². The van der Waals surface area contributed by atoms with Crippen molar-refractivity contribution in [1.29, 1.82) is 0 Å². The molecule has 0 radical (unpaired) electrons. The third-order valence-corrected chi connectivity index (χ3v) is 6.84. The summed E-state index contributed by atoms with van der Waals surface area (Å²) in [5, 5.41) is 18.5. The van der Waals surface area contributed by atoms with Crippen LogP contribution in [0.3, 0.4) is 0 Å². The van der Waals surface area contributed by atoms with Crippen molar-refractivity contribution in [2.75, 3.05) is 24.8 Å². The van der Waals surface area contributed by atoms with Gasteiger partial charge in [0.1, 0.15) is 11.4 Å². The number of carbonyl (C=O) groups excluding carboxylic acids is 2. The summed E-state index contributed by atoms with van der Waals surface area (Å²) in [6, 6.07) is 21.1. The number of carboxylic acid groups (broad SMARTS) is 1. The van der Waals surface area contributed by atoms with Crippen LogP contribution < -0.4 is 20.7 Å². The number of nitrogens with one attached hydrogen (secondary N) is 3. The third-order valence-electron chi connectivity index (χ3n) is 6.84. The summed E-state index contributed by atoms with van der Waals surface area (Å²) in [5.41, 5.74) is 2.47. The van der Waals surface area contributed by atoms with E-state index in [1.54, 1.807) is 25.2 Å². The lowest BCUT2D eigenvalue weighted by Crippen LogP contribution is -2.57. The van der Waals surface area contributed by atoms with Crippen molar-refractivity contribution in [2.45, 2.75) is 45.3 Å². The van der Waals surface area contributed by atoms with E-state index in [9.17, 15) is 19.5 Å². The zero-order valence-corrected chi connectivity index (χ0v) is 22.9. The average Bonchev–Trinajstić information content (AvgIpc) is 2.91. The molecule has 0 fully saturated rings. The van der Waals surface area contributed by atoms with Gasteiger partial charge in [-0.3, -0.25) is 14.5 Å². The number of carbonyl (C=O) groups is 3. The van der Waals surface area contributed by atoms with Gasteiger partial charge in [-0.15, -0.1) is 0 Å². The Morgan fingerprint density at radius 2 is 1.62 bits per heavy atom. The number of methoxy groups -OCH3 is 1. The van der Waals surface area contributed by atoms with Crippen molar-refractivity contribution in [2.24, 2.45) is 0 Å². The molecule has 0 heterocycles. The number of rotatable bonds is 11. The van der Waals surface area contributed by atoms with Crippen LogP contribution in [0.5, 0.6) is 5.75 Å². The van der Waals surface area contributed by atoms with Gasteiger partial charge in [0, 0.05) is 18.7 Å². The van der Waals surface area contributed by atoms with Crippen molar-refractivity contribution < 1.29 is 24.2 Å². The number of amides is 3. The summed E-state index contributed by atoms with van der Waals surface area (Å²) in [7, 11) is 3.30. The van der Waals surface area contributed by atoms with Crippen molar-refractivity contribution in [3.05, 3.63) is 89.5 Å². The normalized spacial score (nSPS) is 13.2. The lowest BCUT2D eigenvalue weighted by atomic mass is 9.90. The number of para-hydroxylation sites is 1. The molecule has 3 rings (SSSR count). The molecule has 2 unspecified atom stereocenters. The number of hydrogen-bond acceptors (Lipinski definition) is 5. The summed E-state index contributed by atoms with van der Waals surface area (Å²) in [6.07, 6.45) is 0.257. The minimum atomic E-state index is -1.07. The van der Waals surface area contributed by atoms with Crippen LogP contribution in [0.2, 0.25) is 0 Å². The zero-order valence-electron chi connectivity index (χ0n) is 22.9. The van der Waals surface area contributed by atoms with Gasteiger partial charge in [-0.25, -0.2) is 4.79 Å². The van der Waals surface area contributed by atoms with Crippen LogP contribution in [0.15, 0.2) is 72.8 Å². The summed E-state index contributed by atoms with van der Waals surface area (Å²) >= 11 is 0. The van der Waals surface area contributed by atoms with Crippen LogP contribution >= 0.6 is 0 Å². The fraction of sp³-hybridized carbons (Fsp3) is 0.300. The molecular weight excluding hydrogens is 496 g/mol. The highest BCUT2D eigenvalue weighted by Gasteiger charge is 2.41. The van der Waals surface area contributed by atoms with E-state index in [1.807, 2.05) is 73.3 Å². The zero-order chi connectivity index (χ0) is 28.6. The Labute approximate surface area is 229 Å². The van der Waals surface area contributed by atoms with Crippen LogP contribution in [0.25, 0.3) is 0 Å². The molecule has 0 aliphatic rings. The van der Waals surface area contributed by atoms with E-state index in [2.05, 4.69) is 16.0 Å². The standard InChI is InChI=1S/C30H36N4O5/c1-6-30(33-21(3)35,34(4)26(19-28(36)37)22-13-8-7-9-14-22)23-16-17-25(27(18-23)39-5)32-29(38)31-24-15-11-10-12-20(24)2/h7-18,26H,6,19H2,1-5H3,(H,33,35)(H,36,37)(H2,31,32,38). The molecule has 0 spiro atoms. The van der Waals surface area contributed by atoms with Crippen molar-refractivity contribution in [3.8, 4) is 5.75 Å². The van der Waals surface area contributed by atoms with Crippen LogP contribution in [0.4, 0.5) is 16.2 Å². The number of anilines is 2. The second kappa shape index (κ2) is 12.9. The van der Waals surface area contributed by atoms with Gasteiger partial charge in [0.15, 0.2) is 0 Å². The molecule has 0 saturated carbocycles. The maximum atomic E-state index is 12.7. The van der Waals surface area contributed by atoms with Crippen molar-refractivity contribution >= 4 is 29.3 Å². The van der Waals surface area contributed by atoms with E-state index in [0.29, 0.717) is 29.1 Å². The molecule has 3 aromatic carbocycles. The Bertz CT molecular complexity index is 1310. The van der Waals surface area contributed by atoms with Gasteiger partial charge in [0.05, 0.1) is 19.2 Å². The summed E-state index contributed by atoms with van der Waals surface area (Å²) in [5.74, 6) is -0.844. The number of hydrogen-bond donors (Lipinski definition) is 4. The fourth-order valence-electron chi connectivity index (χ4n) is 4.82. The second-order valence-corrected chi connectivity index (χ2v) is 9.34. The van der Waals surface area contributed by atoms with Gasteiger partial charge in [0.2, 0.25) is 5.91 Å². The van der Waals surface area contributed by atoms with Crippen molar-refractivity contribution in [3.63, 3.8) is 0 Å². The largest absolute Gasteiger partial charge is 0.495 e. The van der Waals surface area contributed by atoms with Gasteiger partial charge >= 0.3 is 12.0 Å². The molecule has 0 aromatic heterocycles. The van der Waals surface area contributed by atoms with Crippen molar-refractivity contribution in [1.82, 2.24) is 10.2 Å². The molecule has 0 saturated heterocycles. The number of urea groups is 1. The molecule has 9 nitrogen and oxygen atoms in total. The number of aryl methyl sites for hydroxylation is 1. The minimum absolute atomic E-state index is 0.169. The number of benzene rings is 3. The highest BCUT2D eigenvalue weighted by atomic mass is 16.5. The van der Waals surface area contributed by atoms with Crippen LogP contribution in [0.1, 0.15) is 49.4 Å². The molecule has 0 aliphatic carbocycles. The number of nitrogens with zero attached hydrogens (tertiary/aromatic N) is 1. The molecule has 0 bridgehead atoms. The molecular formula is C30H36N4O5. The molecule has 9 heteroatoms. The van der Waals surface area contributed by atoms with Gasteiger partial charge in [0.25, 0.3) is 0 Å². The van der Waals surface area contributed by atoms with Crippen LogP contribution in [-0.4, -0.2) is 42.1 Å². The molecule has 3 aromatic rings. The Kier molecular flexibility index (Phi) is 9.68. The molecule has 4 N–H and O–H groups in total. The molecule has 0 aliphatic heterocycles. The van der Waals surface area contributed by atoms with E-state index >= 15 is 0 Å². The van der Waals surface area contributed by atoms with Gasteiger partial charge in [-0.2, -0.15) is 0 Å². The Morgan fingerprint density at radius 1 is 0.974 bits per heavy atom. The second-order valence-electron chi connectivity index (χ2n) is 9.34. The molecule has 39 heavy (non-hydrogen) atoms. The Balaban J connectivity index is 2.01. The van der Waals surface area contributed by atoms with E-state index < -0.39 is 23.7 Å². The minimum Gasteiger partial charge on any atom is -0.495 e. The number of ether oxygens (including phenoxy) is 1. The number of carboxylic acids is 1. The summed E-state index contributed by atoms with van der Waals surface area (Å²) in [4.78, 5) is 39.0. The van der Waals surface area contributed by atoms with E-state index in [4.69, 9.17) is 4.74 Å². The fourth-order valence-corrected chi connectivity index (χ4v) is 4.82. The van der Waals surface area contributed by atoms with E-state index in [1.165, 1.54) is 14.0 Å². The Hall–Kier alpha value is -4.37. The highest BCUT2D eigenvalue weighted by Crippen LogP contribution is 2.39. The third kappa shape index (κ3) is 6.94. The smallest absolute Gasteiger partial charge is 0.323 e. The maximum absolute atomic E-state index is 12.7. The summed E-state index contributed by atoms with van der Waals surface area (Å²) < 4.78 is 5.63. The highest BCUT2D eigenvalue weighted by molar-refractivity contribution is 6.01. The quantitative estimate of drug-likeness (QED) is 0.242. The first-order chi connectivity index (χ1) is 18.6. The van der Waals surface area contributed by atoms with Gasteiger partial charge in [-0.1, -0.05) is 61.5 Å².